The number of thiophene rings is 1. The molecule has 0 fully saturated rings. The van der Waals surface area contributed by atoms with Crippen molar-refractivity contribution in [2.45, 2.75) is 19.8 Å². The first-order valence-electron chi connectivity index (χ1n) is 10.0. The van der Waals surface area contributed by atoms with E-state index in [2.05, 4.69) is 9.71 Å². The van der Waals surface area contributed by atoms with Crippen LogP contribution in [0.5, 0.6) is 5.75 Å². The first-order chi connectivity index (χ1) is 14.8. The van der Waals surface area contributed by atoms with Gasteiger partial charge in [-0.15, -0.1) is 11.3 Å². The highest BCUT2D eigenvalue weighted by Gasteiger charge is 2.17. The summed E-state index contributed by atoms with van der Waals surface area (Å²) >= 11 is 1.42. The Morgan fingerprint density at radius 2 is 1.87 bits per heavy atom. The zero-order valence-corrected chi connectivity index (χ0v) is 19.2. The van der Waals surface area contributed by atoms with Gasteiger partial charge in [-0.2, -0.15) is 0 Å². The smallest absolute Gasteiger partial charge is 0.266 e. The van der Waals surface area contributed by atoms with Crippen molar-refractivity contribution in [1.82, 2.24) is 9.71 Å². The molecule has 1 unspecified atom stereocenters. The number of fused-ring (bicyclic) bond motifs is 3. The van der Waals surface area contributed by atoms with Gasteiger partial charge in [-0.05, 0) is 47.5 Å². The molecule has 4 aromatic rings. The highest BCUT2D eigenvalue weighted by atomic mass is 32.2. The highest BCUT2D eigenvalue weighted by molar-refractivity contribution is 7.89. The van der Waals surface area contributed by atoms with Gasteiger partial charge in [-0.25, -0.2) is 13.1 Å². The second-order valence-electron chi connectivity index (χ2n) is 7.46. The molecule has 0 radical (unpaired) electrons. The maximum absolute atomic E-state index is 12.4. The van der Waals surface area contributed by atoms with Gasteiger partial charge >= 0.3 is 0 Å². The molecule has 6 nitrogen and oxygen atoms in total. The molecule has 2 N–H and O–H groups in total. The predicted octanol–water partition coefficient (Wildman–Crippen LogP) is 4.46. The molecular weight excluding hydrogens is 432 g/mol. The van der Waals surface area contributed by atoms with Gasteiger partial charge in [0.25, 0.3) is 5.56 Å². The lowest BCUT2D eigenvalue weighted by molar-refractivity contribution is 0.417. The van der Waals surface area contributed by atoms with Crippen molar-refractivity contribution in [3.63, 3.8) is 0 Å². The van der Waals surface area contributed by atoms with Crippen LogP contribution in [0.3, 0.4) is 0 Å². The Morgan fingerprint density at radius 3 is 2.55 bits per heavy atom. The first kappa shape index (κ1) is 21.5. The van der Waals surface area contributed by atoms with Gasteiger partial charge < -0.3 is 9.72 Å². The van der Waals surface area contributed by atoms with Crippen molar-refractivity contribution >= 4 is 42.3 Å². The fraction of sp³-hybridized carbons (Fsp3) is 0.261. The zero-order chi connectivity index (χ0) is 22.2. The normalized spacial score (nSPS) is 13.0. The molecule has 1 atom stereocenters. The summed E-state index contributed by atoms with van der Waals surface area (Å²) in [6.07, 6.45) is 0. The molecule has 0 spiro atoms. The van der Waals surface area contributed by atoms with E-state index < -0.39 is 10.0 Å². The SMILES string of the molecule is CCS(=O)(=O)NCC(C)c1ccc(-c2c(OC)ccc3[nH]c(=O)c4sccc4c23)cc1. The van der Waals surface area contributed by atoms with Gasteiger partial charge in [0.1, 0.15) is 10.4 Å². The molecule has 2 aromatic heterocycles. The van der Waals surface area contributed by atoms with Crippen LogP contribution in [0.25, 0.3) is 32.1 Å². The third kappa shape index (κ3) is 4.11. The number of aromatic nitrogens is 1. The Bertz CT molecular complexity index is 1400. The summed E-state index contributed by atoms with van der Waals surface area (Å²) < 4.78 is 32.4. The standard InChI is InChI=1S/C23H24N2O4S2/c1-4-31(27,28)24-13-14(2)15-5-7-16(8-6-15)20-19(29-3)10-9-18-21(20)17-11-12-30-22(17)23(26)25-18/h5-12,14,24H,4,13H2,1-3H3,(H,25,26). The van der Waals surface area contributed by atoms with Gasteiger partial charge in [0.15, 0.2) is 0 Å². The molecule has 4 rings (SSSR count). The summed E-state index contributed by atoms with van der Waals surface area (Å²) in [7, 11) is -1.58. The van der Waals surface area contributed by atoms with E-state index in [1.807, 2.05) is 54.8 Å². The number of H-pyrrole nitrogens is 1. The molecule has 0 bridgehead atoms. The molecule has 8 heteroatoms. The van der Waals surface area contributed by atoms with E-state index in [4.69, 9.17) is 4.74 Å². The van der Waals surface area contributed by atoms with Gasteiger partial charge in [0.05, 0.1) is 12.9 Å². The zero-order valence-electron chi connectivity index (χ0n) is 17.6. The number of aromatic amines is 1. The molecular formula is C23H24N2O4S2. The van der Waals surface area contributed by atoms with E-state index in [0.29, 0.717) is 11.2 Å². The van der Waals surface area contributed by atoms with Crippen molar-refractivity contribution in [2.75, 3.05) is 19.4 Å². The number of hydrogen-bond donors (Lipinski definition) is 2. The molecule has 0 amide bonds. The first-order valence-corrected chi connectivity index (χ1v) is 12.6. The molecule has 0 aliphatic carbocycles. The average Bonchev–Trinajstić information content (AvgIpc) is 3.28. The lowest BCUT2D eigenvalue weighted by Gasteiger charge is -2.16. The molecule has 0 saturated carbocycles. The van der Waals surface area contributed by atoms with Crippen LogP contribution in [0.4, 0.5) is 0 Å². The van der Waals surface area contributed by atoms with Gasteiger partial charge in [-0.1, -0.05) is 31.2 Å². The summed E-state index contributed by atoms with van der Waals surface area (Å²) in [4.78, 5) is 15.4. The van der Waals surface area contributed by atoms with Gasteiger partial charge in [0, 0.05) is 28.4 Å². The second-order valence-corrected chi connectivity index (χ2v) is 10.5. The molecule has 0 saturated heterocycles. The summed E-state index contributed by atoms with van der Waals surface area (Å²) in [6.45, 7) is 3.96. The van der Waals surface area contributed by atoms with Crippen molar-refractivity contribution in [2.24, 2.45) is 0 Å². The number of hydrogen-bond acceptors (Lipinski definition) is 5. The molecule has 2 aromatic carbocycles. The van der Waals surface area contributed by atoms with Crippen LogP contribution in [-0.4, -0.2) is 32.8 Å². The van der Waals surface area contributed by atoms with Gasteiger partial charge in [0.2, 0.25) is 10.0 Å². The van der Waals surface area contributed by atoms with Crippen molar-refractivity contribution < 1.29 is 13.2 Å². The average molecular weight is 457 g/mol. The Kier molecular flexibility index (Phi) is 5.88. The Hall–Kier alpha value is -2.68. The van der Waals surface area contributed by atoms with Crippen LogP contribution in [0.15, 0.2) is 52.6 Å². The molecule has 31 heavy (non-hydrogen) atoms. The Morgan fingerprint density at radius 1 is 1.13 bits per heavy atom. The summed E-state index contributed by atoms with van der Waals surface area (Å²) in [5.41, 5.74) is 3.60. The maximum Gasteiger partial charge on any atom is 0.266 e. The van der Waals surface area contributed by atoms with Gasteiger partial charge in [-0.3, -0.25) is 4.79 Å². The molecule has 162 valence electrons. The maximum atomic E-state index is 12.4. The van der Waals surface area contributed by atoms with Crippen molar-refractivity contribution in [3.8, 4) is 16.9 Å². The molecule has 0 aliphatic heterocycles. The monoisotopic (exact) mass is 456 g/mol. The lowest BCUT2D eigenvalue weighted by atomic mass is 9.94. The number of methoxy groups -OCH3 is 1. The van der Waals surface area contributed by atoms with E-state index >= 15 is 0 Å². The van der Waals surface area contributed by atoms with Crippen LogP contribution in [0.1, 0.15) is 25.3 Å². The van der Waals surface area contributed by atoms with E-state index in [0.717, 1.165) is 38.7 Å². The van der Waals surface area contributed by atoms with E-state index in [9.17, 15) is 13.2 Å². The number of benzene rings is 2. The van der Waals surface area contributed by atoms with Crippen LogP contribution >= 0.6 is 11.3 Å². The lowest BCUT2D eigenvalue weighted by Crippen LogP contribution is -2.28. The number of rotatable bonds is 7. The van der Waals surface area contributed by atoms with E-state index in [1.54, 1.807) is 14.0 Å². The largest absolute Gasteiger partial charge is 0.496 e. The summed E-state index contributed by atoms with van der Waals surface area (Å²) in [5.74, 6) is 0.826. The van der Waals surface area contributed by atoms with Crippen LogP contribution in [0.2, 0.25) is 0 Å². The molecule has 0 aliphatic rings. The summed E-state index contributed by atoms with van der Waals surface area (Å²) in [6, 6.07) is 13.7. The third-order valence-corrected chi connectivity index (χ3v) is 7.81. The van der Waals surface area contributed by atoms with Crippen molar-refractivity contribution in [3.05, 3.63) is 63.8 Å². The van der Waals surface area contributed by atoms with Crippen LogP contribution in [0, 0.1) is 0 Å². The minimum atomic E-state index is -3.22. The topological polar surface area (TPSA) is 88.3 Å². The van der Waals surface area contributed by atoms with Crippen molar-refractivity contribution in [1.29, 1.82) is 0 Å². The Labute approximate surface area is 184 Å². The second kappa shape index (κ2) is 8.45. The molecule has 2 heterocycles. The number of ether oxygens (including phenoxy) is 1. The minimum Gasteiger partial charge on any atom is -0.496 e. The van der Waals surface area contributed by atoms with Crippen LogP contribution < -0.4 is 15.0 Å². The Balaban J connectivity index is 1.78. The fourth-order valence-corrected chi connectivity index (χ4v) is 5.24. The highest BCUT2D eigenvalue weighted by Crippen LogP contribution is 2.40. The summed E-state index contributed by atoms with van der Waals surface area (Å²) in [5, 5.41) is 3.78. The van der Waals surface area contributed by atoms with E-state index in [1.165, 1.54) is 11.3 Å². The number of sulfonamides is 1. The number of pyridine rings is 1. The minimum absolute atomic E-state index is 0.0322. The van der Waals surface area contributed by atoms with E-state index in [-0.39, 0.29) is 17.2 Å². The number of nitrogens with one attached hydrogen (secondary N) is 2. The quantitative estimate of drug-likeness (QED) is 0.430. The van der Waals surface area contributed by atoms with Crippen LogP contribution in [-0.2, 0) is 10.0 Å². The predicted molar refractivity (Wildman–Crippen MR) is 128 cm³/mol. The third-order valence-electron chi connectivity index (χ3n) is 5.53. The fourth-order valence-electron chi connectivity index (χ4n) is 3.74.